The van der Waals surface area contributed by atoms with Crippen molar-refractivity contribution in [3.8, 4) is 0 Å². The van der Waals surface area contributed by atoms with Crippen molar-refractivity contribution in [1.29, 1.82) is 0 Å². The maximum absolute atomic E-state index is 11.3. The first kappa shape index (κ1) is 15.0. The topological polar surface area (TPSA) is 87.7 Å². The van der Waals surface area contributed by atoms with Gasteiger partial charge in [0.2, 0.25) is 0 Å². The molecule has 0 spiro atoms. The van der Waals surface area contributed by atoms with Gasteiger partial charge in [-0.2, -0.15) is 0 Å². The van der Waals surface area contributed by atoms with Gasteiger partial charge in [0.15, 0.2) is 6.61 Å². The van der Waals surface area contributed by atoms with E-state index in [1.165, 1.54) is 5.56 Å². The summed E-state index contributed by atoms with van der Waals surface area (Å²) >= 11 is 0. The molecule has 0 aliphatic rings. The number of urea groups is 1. The number of benzene rings is 1. The fourth-order valence-corrected chi connectivity index (χ4v) is 1.52. The van der Waals surface area contributed by atoms with Gasteiger partial charge in [-0.3, -0.25) is 4.84 Å². The lowest BCUT2D eigenvalue weighted by molar-refractivity contribution is -0.144. The first-order valence-electron chi connectivity index (χ1n) is 6.02. The number of nitrogens with one attached hydrogen (secondary N) is 2. The summed E-state index contributed by atoms with van der Waals surface area (Å²) in [6.07, 6.45) is 1.65. The average molecular weight is 266 g/mol. The summed E-state index contributed by atoms with van der Waals surface area (Å²) in [6.45, 7) is 1.31. The molecule has 0 aliphatic carbocycles. The molecule has 6 heteroatoms. The standard InChI is InChI=1S/C13H18N2O4/c1-10(7-8-11-5-3-2-4-6-11)14-13(18)15-19-9-12(16)17/h2-6,10H,7-9H2,1H3,(H,16,17)(H2,14,15,18). The Morgan fingerprint density at radius 1 is 1.32 bits per heavy atom. The summed E-state index contributed by atoms with van der Waals surface area (Å²) in [5.74, 6) is -1.14. The molecule has 1 rings (SSSR count). The first-order valence-corrected chi connectivity index (χ1v) is 6.02. The highest BCUT2D eigenvalue weighted by Gasteiger charge is 2.07. The zero-order chi connectivity index (χ0) is 14.1. The number of aliphatic carboxylic acids is 1. The molecule has 1 unspecified atom stereocenters. The lowest BCUT2D eigenvalue weighted by Gasteiger charge is -2.14. The number of hydroxylamine groups is 1. The van der Waals surface area contributed by atoms with Crippen molar-refractivity contribution in [1.82, 2.24) is 10.8 Å². The van der Waals surface area contributed by atoms with Crippen LogP contribution in [0, 0.1) is 0 Å². The number of amides is 2. The number of carbonyl (C=O) groups excluding carboxylic acids is 1. The van der Waals surface area contributed by atoms with Crippen LogP contribution in [-0.2, 0) is 16.1 Å². The number of aryl methyl sites for hydroxylation is 1. The zero-order valence-corrected chi connectivity index (χ0v) is 10.8. The third kappa shape index (κ3) is 7.05. The van der Waals surface area contributed by atoms with Crippen LogP contribution in [0.5, 0.6) is 0 Å². The Kier molecular flexibility index (Phi) is 6.38. The molecule has 0 aliphatic heterocycles. The van der Waals surface area contributed by atoms with Crippen LogP contribution >= 0.6 is 0 Å². The molecule has 3 N–H and O–H groups in total. The van der Waals surface area contributed by atoms with Crippen molar-refractivity contribution in [3.05, 3.63) is 35.9 Å². The molecule has 0 aromatic heterocycles. The maximum atomic E-state index is 11.3. The van der Waals surface area contributed by atoms with E-state index in [1.807, 2.05) is 42.7 Å². The fourth-order valence-electron chi connectivity index (χ4n) is 1.52. The Morgan fingerprint density at radius 3 is 2.63 bits per heavy atom. The molecule has 6 nitrogen and oxygen atoms in total. The van der Waals surface area contributed by atoms with Crippen LogP contribution in [0.4, 0.5) is 4.79 Å². The van der Waals surface area contributed by atoms with Crippen molar-refractivity contribution in [2.45, 2.75) is 25.8 Å². The summed E-state index contributed by atoms with van der Waals surface area (Å²) in [5, 5.41) is 11.0. The second kappa shape index (κ2) is 8.10. The minimum Gasteiger partial charge on any atom is -0.479 e. The minimum absolute atomic E-state index is 0.0337. The molecule has 2 amide bonds. The monoisotopic (exact) mass is 266 g/mol. The van der Waals surface area contributed by atoms with Gasteiger partial charge in [-0.1, -0.05) is 30.3 Å². The Balaban J connectivity index is 2.18. The largest absolute Gasteiger partial charge is 0.479 e. The second-order valence-corrected chi connectivity index (χ2v) is 4.18. The van der Waals surface area contributed by atoms with E-state index in [9.17, 15) is 9.59 Å². The summed E-state index contributed by atoms with van der Waals surface area (Å²) in [4.78, 5) is 25.9. The van der Waals surface area contributed by atoms with Gasteiger partial charge >= 0.3 is 12.0 Å². The number of carbonyl (C=O) groups is 2. The summed E-state index contributed by atoms with van der Waals surface area (Å²) in [6, 6.07) is 9.39. The predicted molar refractivity (Wildman–Crippen MR) is 69.5 cm³/mol. The van der Waals surface area contributed by atoms with Crippen molar-refractivity contribution < 1.29 is 19.5 Å². The van der Waals surface area contributed by atoms with Gasteiger partial charge in [-0.25, -0.2) is 15.1 Å². The van der Waals surface area contributed by atoms with Gasteiger partial charge in [0.25, 0.3) is 0 Å². The normalized spacial score (nSPS) is 11.6. The molecule has 19 heavy (non-hydrogen) atoms. The van der Waals surface area contributed by atoms with Crippen LogP contribution in [0.1, 0.15) is 18.9 Å². The number of hydrogen-bond donors (Lipinski definition) is 3. The molecule has 0 saturated carbocycles. The van der Waals surface area contributed by atoms with Gasteiger partial charge in [-0.15, -0.1) is 0 Å². The molecule has 0 heterocycles. The molecule has 1 atom stereocenters. The Hall–Kier alpha value is -2.08. The number of hydrogen-bond acceptors (Lipinski definition) is 3. The van der Waals surface area contributed by atoms with Gasteiger partial charge in [0, 0.05) is 6.04 Å². The Bertz CT molecular complexity index is 408. The third-order valence-corrected chi connectivity index (χ3v) is 2.45. The van der Waals surface area contributed by atoms with E-state index in [-0.39, 0.29) is 6.04 Å². The van der Waals surface area contributed by atoms with Gasteiger partial charge in [0.05, 0.1) is 0 Å². The molecular weight excluding hydrogens is 248 g/mol. The van der Waals surface area contributed by atoms with E-state index in [1.54, 1.807) is 0 Å². The van der Waals surface area contributed by atoms with Gasteiger partial charge in [-0.05, 0) is 25.3 Å². The Morgan fingerprint density at radius 2 is 2.00 bits per heavy atom. The molecule has 0 radical (unpaired) electrons. The smallest absolute Gasteiger partial charge is 0.338 e. The quantitative estimate of drug-likeness (QED) is 0.649. The molecule has 0 saturated heterocycles. The van der Waals surface area contributed by atoms with Gasteiger partial charge in [0.1, 0.15) is 0 Å². The van der Waals surface area contributed by atoms with Crippen molar-refractivity contribution in [2.75, 3.05) is 6.61 Å². The van der Waals surface area contributed by atoms with E-state index in [2.05, 4.69) is 10.2 Å². The number of carboxylic acid groups (broad SMARTS) is 1. The SMILES string of the molecule is CC(CCc1ccccc1)NC(=O)NOCC(=O)O. The number of carboxylic acids is 1. The molecule has 0 fully saturated rings. The van der Waals surface area contributed by atoms with E-state index < -0.39 is 18.6 Å². The highest BCUT2D eigenvalue weighted by atomic mass is 16.7. The summed E-state index contributed by atoms with van der Waals surface area (Å²) < 4.78 is 0. The van der Waals surface area contributed by atoms with Crippen molar-refractivity contribution in [3.63, 3.8) is 0 Å². The van der Waals surface area contributed by atoms with E-state index >= 15 is 0 Å². The predicted octanol–water partition coefficient (Wildman–Crippen LogP) is 1.32. The van der Waals surface area contributed by atoms with Crippen LogP contribution in [-0.4, -0.2) is 29.8 Å². The molecule has 1 aromatic carbocycles. The molecular formula is C13H18N2O4. The van der Waals surface area contributed by atoms with E-state index in [0.29, 0.717) is 0 Å². The molecule has 104 valence electrons. The lowest BCUT2D eigenvalue weighted by atomic mass is 10.1. The van der Waals surface area contributed by atoms with Crippen LogP contribution in [0.25, 0.3) is 0 Å². The first-order chi connectivity index (χ1) is 9.08. The highest BCUT2D eigenvalue weighted by molar-refractivity contribution is 5.73. The zero-order valence-electron chi connectivity index (χ0n) is 10.8. The summed E-state index contributed by atoms with van der Waals surface area (Å²) in [5.41, 5.74) is 3.22. The molecule has 1 aromatic rings. The Labute approximate surface area is 111 Å². The third-order valence-electron chi connectivity index (χ3n) is 2.45. The van der Waals surface area contributed by atoms with E-state index in [4.69, 9.17) is 5.11 Å². The fraction of sp³-hybridized carbons (Fsp3) is 0.385. The van der Waals surface area contributed by atoms with Crippen molar-refractivity contribution >= 4 is 12.0 Å². The van der Waals surface area contributed by atoms with Gasteiger partial charge < -0.3 is 10.4 Å². The summed E-state index contributed by atoms with van der Waals surface area (Å²) in [7, 11) is 0. The van der Waals surface area contributed by atoms with Crippen LogP contribution in [0.2, 0.25) is 0 Å². The van der Waals surface area contributed by atoms with Crippen LogP contribution in [0.15, 0.2) is 30.3 Å². The second-order valence-electron chi connectivity index (χ2n) is 4.18. The molecule has 0 bridgehead atoms. The van der Waals surface area contributed by atoms with Crippen LogP contribution in [0.3, 0.4) is 0 Å². The number of rotatable bonds is 7. The average Bonchev–Trinajstić information content (AvgIpc) is 2.37. The van der Waals surface area contributed by atoms with Crippen LogP contribution < -0.4 is 10.8 Å². The minimum atomic E-state index is -1.14. The van der Waals surface area contributed by atoms with Crippen molar-refractivity contribution in [2.24, 2.45) is 0 Å². The lowest BCUT2D eigenvalue weighted by Crippen LogP contribution is -2.41. The highest BCUT2D eigenvalue weighted by Crippen LogP contribution is 2.04. The van der Waals surface area contributed by atoms with E-state index in [0.717, 1.165) is 12.8 Å². The maximum Gasteiger partial charge on any atom is 0.338 e.